The van der Waals surface area contributed by atoms with E-state index in [1.165, 1.54) is 32.1 Å². The number of anilines is 2. The molecule has 3 N–H and O–H groups in total. The molecule has 1 amide bonds. The van der Waals surface area contributed by atoms with Crippen molar-refractivity contribution in [2.24, 2.45) is 5.92 Å². The van der Waals surface area contributed by atoms with Crippen molar-refractivity contribution in [3.8, 4) is 21.7 Å². The number of nitrogens with two attached hydrogens (primary N) is 1. The zero-order valence-electron chi connectivity index (χ0n) is 18.4. The molecule has 1 fully saturated rings. The summed E-state index contributed by atoms with van der Waals surface area (Å²) in [5.41, 5.74) is 10.6. The molecule has 0 radical (unpaired) electrons. The Morgan fingerprint density at radius 3 is 2.64 bits per heavy atom. The Morgan fingerprint density at radius 2 is 1.88 bits per heavy atom. The molecule has 4 aromatic rings. The summed E-state index contributed by atoms with van der Waals surface area (Å²) in [7, 11) is 0. The van der Waals surface area contributed by atoms with Gasteiger partial charge in [-0.1, -0.05) is 55.2 Å². The first-order valence-corrected chi connectivity index (χ1v) is 12.3. The first-order valence-electron chi connectivity index (χ1n) is 11.4. The Bertz CT molecular complexity index is 1220. The van der Waals surface area contributed by atoms with Gasteiger partial charge in [0.2, 0.25) is 0 Å². The zero-order valence-corrected chi connectivity index (χ0v) is 19.2. The van der Waals surface area contributed by atoms with Crippen LogP contribution in [0.3, 0.4) is 0 Å². The number of aryl methyl sites for hydroxylation is 1. The van der Waals surface area contributed by atoms with E-state index in [1.54, 1.807) is 11.3 Å². The Hall–Kier alpha value is -3.45. The highest BCUT2D eigenvalue weighted by Crippen LogP contribution is 2.31. The number of hydrogen-bond acceptors (Lipinski definition) is 5. The van der Waals surface area contributed by atoms with Crippen LogP contribution in [0.15, 0.2) is 66.2 Å². The quantitative estimate of drug-likeness (QED) is 0.329. The molecule has 1 aliphatic rings. The maximum absolute atomic E-state index is 12.8. The van der Waals surface area contributed by atoms with Crippen molar-refractivity contribution in [2.75, 3.05) is 11.1 Å². The predicted molar refractivity (Wildman–Crippen MR) is 134 cm³/mol. The van der Waals surface area contributed by atoms with E-state index >= 15 is 0 Å². The number of nitrogens with one attached hydrogen (secondary N) is 1. The summed E-state index contributed by atoms with van der Waals surface area (Å²) in [5.74, 6) is 0.632. The van der Waals surface area contributed by atoms with Gasteiger partial charge < -0.3 is 11.1 Å². The highest BCUT2D eigenvalue weighted by Gasteiger charge is 2.15. The van der Waals surface area contributed by atoms with E-state index < -0.39 is 0 Å². The van der Waals surface area contributed by atoms with Crippen LogP contribution in [0.1, 0.15) is 42.5 Å². The Balaban J connectivity index is 1.24. The largest absolute Gasteiger partial charge is 0.397 e. The topological polar surface area (TPSA) is 85.8 Å². The van der Waals surface area contributed by atoms with Gasteiger partial charge in [-0.05, 0) is 53.6 Å². The standard InChI is InChI=1S/C26H27N5OS/c27-22-12-11-21(25-6-3-15-33-25)16-23(22)28-26(32)20-9-7-19(8-10-20)24-17-31(30-29-24)14-13-18-4-1-2-5-18/h3,6-12,15-18H,1-2,4-5,13-14,27H2,(H,28,32). The Labute approximate surface area is 197 Å². The molecule has 0 unspecified atom stereocenters. The lowest BCUT2D eigenvalue weighted by Gasteiger charge is -2.10. The summed E-state index contributed by atoms with van der Waals surface area (Å²) in [6.07, 6.45) is 8.56. The maximum atomic E-state index is 12.8. The number of rotatable bonds is 7. The molecule has 6 nitrogen and oxygen atoms in total. The molecule has 33 heavy (non-hydrogen) atoms. The number of benzene rings is 2. The van der Waals surface area contributed by atoms with E-state index in [1.807, 2.05) is 70.9 Å². The van der Waals surface area contributed by atoms with E-state index in [-0.39, 0.29) is 5.91 Å². The molecule has 7 heteroatoms. The highest BCUT2D eigenvalue weighted by molar-refractivity contribution is 7.13. The second kappa shape index (κ2) is 9.58. The van der Waals surface area contributed by atoms with Gasteiger partial charge in [0.05, 0.1) is 17.6 Å². The van der Waals surface area contributed by atoms with Gasteiger partial charge in [0.25, 0.3) is 5.91 Å². The second-order valence-corrected chi connectivity index (χ2v) is 9.56. The molecular weight excluding hydrogens is 430 g/mol. The normalized spacial score (nSPS) is 13.9. The van der Waals surface area contributed by atoms with Crippen LogP contribution in [-0.2, 0) is 6.54 Å². The molecule has 5 rings (SSSR count). The Kier molecular flexibility index (Phi) is 6.21. The fourth-order valence-electron chi connectivity index (χ4n) is 4.40. The van der Waals surface area contributed by atoms with Crippen molar-refractivity contribution in [2.45, 2.75) is 38.6 Å². The molecule has 1 saturated carbocycles. The smallest absolute Gasteiger partial charge is 0.255 e. The predicted octanol–water partition coefficient (Wildman–Crippen LogP) is 6.09. The number of carbonyl (C=O) groups is 1. The van der Waals surface area contributed by atoms with Gasteiger partial charge in [-0.3, -0.25) is 9.48 Å². The van der Waals surface area contributed by atoms with Gasteiger partial charge in [0, 0.05) is 22.5 Å². The number of hydrogen-bond donors (Lipinski definition) is 2. The average Bonchev–Trinajstić information content (AvgIpc) is 3.62. The van der Waals surface area contributed by atoms with Crippen molar-refractivity contribution in [1.29, 1.82) is 0 Å². The van der Waals surface area contributed by atoms with Crippen molar-refractivity contribution < 1.29 is 4.79 Å². The lowest BCUT2D eigenvalue weighted by molar-refractivity contribution is 0.102. The number of nitrogens with zero attached hydrogens (tertiary/aromatic N) is 3. The van der Waals surface area contributed by atoms with E-state index in [0.717, 1.165) is 34.2 Å². The third kappa shape index (κ3) is 4.98. The minimum atomic E-state index is -0.197. The van der Waals surface area contributed by atoms with Gasteiger partial charge in [0.15, 0.2) is 0 Å². The van der Waals surface area contributed by atoms with Crippen molar-refractivity contribution in [3.63, 3.8) is 0 Å². The van der Waals surface area contributed by atoms with Gasteiger partial charge >= 0.3 is 0 Å². The van der Waals surface area contributed by atoms with Crippen LogP contribution in [0.4, 0.5) is 11.4 Å². The lowest BCUT2D eigenvalue weighted by atomic mass is 10.0. The summed E-state index contributed by atoms with van der Waals surface area (Å²) in [6, 6.07) is 17.2. The van der Waals surface area contributed by atoms with E-state index in [9.17, 15) is 4.79 Å². The van der Waals surface area contributed by atoms with Crippen LogP contribution < -0.4 is 11.1 Å². The third-order valence-electron chi connectivity index (χ3n) is 6.33. The minimum absolute atomic E-state index is 0.197. The van der Waals surface area contributed by atoms with Crippen molar-refractivity contribution >= 4 is 28.6 Å². The van der Waals surface area contributed by atoms with Crippen LogP contribution in [0.5, 0.6) is 0 Å². The minimum Gasteiger partial charge on any atom is -0.397 e. The maximum Gasteiger partial charge on any atom is 0.255 e. The summed E-state index contributed by atoms with van der Waals surface area (Å²) >= 11 is 1.65. The monoisotopic (exact) mass is 457 g/mol. The van der Waals surface area contributed by atoms with Gasteiger partial charge in [0.1, 0.15) is 5.69 Å². The molecule has 0 atom stereocenters. The van der Waals surface area contributed by atoms with Crippen LogP contribution in [0.25, 0.3) is 21.7 Å². The molecule has 2 heterocycles. The molecule has 0 spiro atoms. The summed E-state index contributed by atoms with van der Waals surface area (Å²) in [4.78, 5) is 14.0. The zero-order chi connectivity index (χ0) is 22.6. The second-order valence-electron chi connectivity index (χ2n) is 8.62. The van der Waals surface area contributed by atoms with Crippen molar-refractivity contribution in [3.05, 3.63) is 71.7 Å². The number of aromatic nitrogens is 3. The molecular formula is C26H27N5OS. The summed E-state index contributed by atoms with van der Waals surface area (Å²) in [5, 5.41) is 13.6. The number of thiophene rings is 1. The van der Waals surface area contributed by atoms with Crippen molar-refractivity contribution in [1.82, 2.24) is 15.0 Å². The fraction of sp³-hybridized carbons (Fsp3) is 0.269. The van der Waals surface area contributed by atoms with E-state index in [4.69, 9.17) is 5.73 Å². The Morgan fingerprint density at radius 1 is 1.09 bits per heavy atom. The van der Waals surface area contributed by atoms with Gasteiger partial charge in [-0.15, -0.1) is 16.4 Å². The van der Waals surface area contributed by atoms with E-state index in [0.29, 0.717) is 16.9 Å². The number of carbonyl (C=O) groups excluding carboxylic acids is 1. The molecule has 1 aliphatic carbocycles. The summed E-state index contributed by atoms with van der Waals surface area (Å²) in [6.45, 7) is 0.907. The SMILES string of the molecule is Nc1ccc(-c2cccs2)cc1NC(=O)c1ccc(-c2cn(CCC3CCCC3)nn2)cc1. The summed E-state index contributed by atoms with van der Waals surface area (Å²) < 4.78 is 1.93. The first-order chi connectivity index (χ1) is 16.2. The number of nitrogen functional groups attached to an aromatic ring is 1. The molecule has 0 saturated heterocycles. The van der Waals surface area contributed by atoms with Gasteiger partial charge in [-0.25, -0.2) is 0 Å². The molecule has 2 aromatic carbocycles. The van der Waals surface area contributed by atoms with E-state index in [2.05, 4.69) is 15.6 Å². The molecule has 0 bridgehead atoms. The molecule has 2 aromatic heterocycles. The highest BCUT2D eigenvalue weighted by atomic mass is 32.1. The van der Waals surface area contributed by atoms with Crippen LogP contribution in [-0.4, -0.2) is 20.9 Å². The number of amides is 1. The third-order valence-corrected chi connectivity index (χ3v) is 7.25. The molecule has 168 valence electrons. The first kappa shape index (κ1) is 21.4. The van der Waals surface area contributed by atoms with Crippen LogP contribution >= 0.6 is 11.3 Å². The average molecular weight is 458 g/mol. The van der Waals surface area contributed by atoms with Crippen LogP contribution in [0.2, 0.25) is 0 Å². The lowest BCUT2D eigenvalue weighted by Crippen LogP contribution is -2.13. The fourth-order valence-corrected chi connectivity index (χ4v) is 5.13. The van der Waals surface area contributed by atoms with Gasteiger partial charge in [-0.2, -0.15) is 0 Å². The van der Waals surface area contributed by atoms with Crippen LogP contribution in [0, 0.1) is 5.92 Å². The molecule has 0 aliphatic heterocycles.